The maximum atomic E-state index is 11.6. The van der Waals surface area contributed by atoms with Crippen LogP contribution >= 0.6 is 0 Å². The van der Waals surface area contributed by atoms with E-state index in [0.717, 1.165) is 43.8 Å². The SMILES string of the molecule is CC(C(=O)O)[C@H]1CC[C@H]2[C@@H]3CCC4=CC(C=O)CC[C@]4(C)[C@H]3CC[C@]12C. The smallest absolute Gasteiger partial charge is 0.306 e. The van der Waals surface area contributed by atoms with E-state index in [9.17, 15) is 14.7 Å². The van der Waals surface area contributed by atoms with Crippen LogP contribution in [0, 0.1) is 46.3 Å². The lowest BCUT2D eigenvalue weighted by Crippen LogP contribution is -2.51. The van der Waals surface area contributed by atoms with Crippen LogP contribution in [0.3, 0.4) is 0 Å². The van der Waals surface area contributed by atoms with E-state index in [-0.39, 0.29) is 22.7 Å². The van der Waals surface area contributed by atoms with E-state index in [2.05, 4.69) is 19.9 Å². The van der Waals surface area contributed by atoms with E-state index in [0.29, 0.717) is 11.8 Å². The number of carboxylic acid groups (broad SMARTS) is 1. The van der Waals surface area contributed by atoms with Gasteiger partial charge in [0.05, 0.1) is 5.92 Å². The van der Waals surface area contributed by atoms with Crippen molar-refractivity contribution in [2.75, 3.05) is 0 Å². The zero-order chi connectivity index (χ0) is 18.7. The minimum atomic E-state index is -0.619. The van der Waals surface area contributed by atoms with Gasteiger partial charge in [0.15, 0.2) is 0 Å². The molecular formula is C23H34O3. The van der Waals surface area contributed by atoms with Crippen LogP contribution in [0.4, 0.5) is 0 Å². The first-order valence-corrected chi connectivity index (χ1v) is 10.7. The number of aldehydes is 1. The molecule has 0 aromatic carbocycles. The molecule has 3 nitrogen and oxygen atoms in total. The van der Waals surface area contributed by atoms with E-state index in [1.807, 2.05) is 6.92 Å². The van der Waals surface area contributed by atoms with Gasteiger partial charge < -0.3 is 9.90 Å². The highest BCUT2D eigenvalue weighted by Gasteiger charge is 2.60. The monoisotopic (exact) mass is 358 g/mol. The van der Waals surface area contributed by atoms with Crippen molar-refractivity contribution in [3.63, 3.8) is 0 Å². The highest BCUT2D eigenvalue weighted by Crippen LogP contribution is 2.67. The molecule has 4 rings (SSSR count). The largest absolute Gasteiger partial charge is 0.481 e. The number of carbonyl (C=O) groups excluding carboxylic acids is 1. The highest BCUT2D eigenvalue weighted by atomic mass is 16.4. The second-order valence-corrected chi connectivity index (χ2v) is 10.2. The van der Waals surface area contributed by atoms with Gasteiger partial charge >= 0.3 is 5.97 Å². The van der Waals surface area contributed by atoms with Crippen LogP contribution in [-0.2, 0) is 9.59 Å². The summed E-state index contributed by atoms with van der Waals surface area (Å²) in [4.78, 5) is 22.9. The molecule has 3 heteroatoms. The van der Waals surface area contributed by atoms with Crippen molar-refractivity contribution < 1.29 is 14.7 Å². The van der Waals surface area contributed by atoms with Gasteiger partial charge in [0.2, 0.25) is 0 Å². The molecule has 0 saturated heterocycles. The van der Waals surface area contributed by atoms with Crippen LogP contribution in [0.15, 0.2) is 11.6 Å². The summed E-state index contributed by atoms with van der Waals surface area (Å²) in [6.07, 6.45) is 12.7. The summed E-state index contributed by atoms with van der Waals surface area (Å²) in [6.45, 7) is 6.80. The van der Waals surface area contributed by atoms with Crippen LogP contribution in [0.2, 0.25) is 0 Å². The average molecular weight is 359 g/mol. The van der Waals surface area contributed by atoms with Crippen molar-refractivity contribution in [3.05, 3.63) is 11.6 Å². The Labute approximate surface area is 157 Å². The van der Waals surface area contributed by atoms with Gasteiger partial charge in [-0.3, -0.25) is 4.79 Å². The number of fused-ring (bicyclic) bond motifs is 5. The Morgan fingerprint density at radius 2 is 1.92 bits per heavy atom. The lowest BCUT2D eigenvalue weighted by Gasteiger charge is -2.58. The van der Waals surface area contributed by atoms with Crippen molar-refractivity contribution in [2.45, 2.75) is 72.1 Å². The predicted molar refractivity (Wildman–Crippen MR) is 102 cm³/mol. The van der Waals surface area contributed by atoms with E-state index in [1.165, 1.54) is 25.7 Å². The number of aliphatic carboxylic acids is 1. The normalized spacial score (nSPS) is 48.6. The fourth-order valence-corrected chi connectivity index (χ4v) is 7.90. The van der Waals surface area contributed by atoms with Crippen molar-refractivity contribution in [3.8, 4) is 0 Å². The summed E-state index contributed by atoms with van der Waals surface area (Å²) in [5, 5.41) is 9.59. The van der Waals surface area contributed by atoms with Crippen molar-refractivity contribution in [1.82, 2.24) is 0 Å². The van der Waals surface area contributed by atoms with Gasteiger partial charge in [-0.2, -0.15) is 0 Å². The highest BCUT2D eigenvalue weighted by molar-refractivity contribution is 5.70. The first-order valence-electron chi connectivity index (χ1n) is 10.7. The molecule has 0 spiro atoms. The Bertz CT molecular complexity index is 637. The lowest BCUT2D eigenvalue weighted by molar-refractivity contribution is -0.146. The quantitative estimate of drug-likeness (QED) is 0.564. The van der Waals surface area contributed by atoms with Crippen LogP contribution in [0.1, 0.15) is 72.1 Å². The molecule has 0 aliphatic heterocycles. The molecule has 0 aromatic heterocycles. The fourth-order valence-electron chi connectivity index (χ4n) is 7.90. The molecule has 144 valence electrons. The number of carboxylic acids is 1. The van der Waals surface area contributed by atoms with Crippen molar-refractivity contribution in [2.24, 2.45) is 46.3 Å². The van der Waals surface area contributed by atoms with Crippen LogP contribution in [0.25, 0.3) is 0 Å². The number of carbonyl (C=O) groups is 2. The lowest BCUT2D eigenvalue weighted by atomic mass is 9.46. The molecule has 0 radical (unpaired) electrons. The minimum absolute atomic E-state index is 0.135. The minimum Gasteiger partial charge on any atom is -0.481 e. The number of hydrogen-bond donors (Lipinski definition) is 1. The van der Waals surface area contributed by atoms with Gasteiger partial charge in [-0.15, -0.1) is 0 Å². The molecule has 4 aliphatic rings. The summed E-state index contributed by atoms with van der Waals surface area (Å²) >= 11 is 0. The molecule has 0 bridgehead atoms. The molecule has 0 aromatic rings. The summed E-state index contributed by atoms with van der Waals surface area (Å²) < 4.78 is 0. The third-order valence-electron chi connectivity index (χ3n) is 9.39. The second-order valence-electron chi connectivity index (χ2n) is 10.2. The molecule has 26 heavy (non-hydrogen) atoms. The molecular weight excluding hydrogens is 324 g/mol. The van der Waals surface area contributed by atoms with E-state index in [4.69, 9.17) is 0 Å². The average Bonchev–Trinajstić information content (AvgIpc) is 2.97. The Balaban J connectivity index is 1.62. The zero-order valence-electron chi connectivity index (χ0n) is 16.5. The van der Waals surface area contributed by atoms with Gasteiger partial charge in [-0.25, -0.2) is 0 Å². The first-order chi connectivity index (χ1) is 12.3. The second kappa shape index (κ2) is 6.21. The van der Waals surface area contributed by atoms with Gasteiger partial charge in [0, 0.05) is 5.92 Å². The predicted octanol–water partition coefficient (Wildman–Crippen LogP) is 5.10. The molecule has 1 N–H and O–H groups in total. The maximum absolute atomic E-state index is 11.6. The molecule has 0 amide bonds. The number of hydrogen-bond acceptors (Lipinski definition) is 2. The van der Waals surface area contributed by atoms with E-state index >= 15 is 0 Å². The molecule has 8 atom stereocenters. The molecule has 4 aliphatic carbocycles. The fraction of sp³-hybridized carbons (Fsp3) is 0.826. The Morgan fingerprint density at radius 3 is 2.62 bits per heavy atom. The van der Waals surface area contributed by atoms with Crippen molar-refractivity contribution in [1.29, 1.82) is 0 Å². The van der Waals surface area contributed by atoms with Gasteiger partial charge in [0.1, 0.15) is 6.29 Å². The maximum Gasteiger partial charge on any atom is 0.306 e. The molecule has 0 heterocycles. The van der Waals surface area contributed by atoms with Gasteiger partial charge in [0.25, 0.3) is 0 Å². The van der Waals surface area contributed by atoms with Gasteiger partial charge in [-0.1, -0.05) is 32.4 Å². The summed E-state index contributed by atoms with van der Waals surface area (Å²) in [5.41, 5.74) is 2.04. The first kappa shape index (κ1) is 18.3. The molecule has 2 unspecified atom stereocenters. The third-order valence-corrected chi connectivity index (χ3v) is 9.39. The van der Waals surface area contributed by atoms with Crippen LogP contribution < -0.4 is 0 Å². The number of allylic oxidation sites excluding steroid dienone is 2. The summed E-state index contributed by atoms with van der Waals surface area (Å²) in [6, 6.07) is 0. The van der Waals surface area contributed by atoms with E-state index in [1.54, 1.807) is 5.57 Å². The van der Waals surface area contributed by atoms with E-state index < -0.39 is 5.97 Å². The third kappa shape index (κ3) is 2.45. The summed E-state index contributed by atoms with van der Waals surface area (Å²) in [7, 11) is 0. The van der Waals surface area contributed by atoms with Gasteiger partial charge in [-0.05, 0) is 85.9 Å². The number of rotatable bonds is 3. The Kier molecular flexibility index (Phi) is 4.36. The standard InChI is InChI=1S/C23H34O3/c1-14(21(25)26)18-6-7-19-17-5-4-16-12-15(13-24)8-10-22(16,2)20(17)9-11-23(18,19)3/h12-15,17-20H,4-11H2,1-3H3,(H,25,26)/t14?,15?,17-,18+,19-,20-,22-,23+/m0/s1. The Hall–Kier alpha value is -1.12. The van der Waals surface area contributed by atoms with Crippen molar-refractivity contribution >= 4 is 12.3 Å². The molecule has 3 saturated carbocycles. The van der Waals surface area contributed by atoms with Crippen LogP contribution in [-0.4, -0.2) is 17.4 Å². The van der Waals surface area contributed by atoms with Crippen LogP contribution in [0.5, 0.6) is 0 Å². The molecule has 3 fully saturated rings. The topological polar surface area (TPSA) is 54.4 Å². The zero-order valence-corrected chi connectivity index (χ0v) is 16.5. The Morgan fingerprint density at radius 1 is 1.15 bits per heavy atom. The summed E-state index contributed by atoms with van der Waals surface area (Å²) in [5.74, 6) is 1.79.